The number of halogens is 5. The number of amides is 1. The SMILES string of the molecule is O=C(CCCC1CC1)c1cc(NC(=O)C2C(c3ccc(Cl)c(Cl)c3)C2(Cl)Cl)ccc1Cl. The molecule has 8 heteroatoms. The Labute approximate surface area is 206 Å². The highest BCUT2D eigenvalue weighted by Gasteiger charge is 2.67. The maximum Gasteiger partial charge on any atom is 0.231 e. The van der Waals surface area contributed by atoms with E-state index in [0.717, 1.165) is 24.3 Å². The smallest absolute Gasteiger partial charge is 0.231 e. The van der Waals surface area contributed by atoms with Crippen LogP contribution in [0.25, 0.3) is 0 Å². The van der Waals surface area contributed by atoms with Crippen molar-refractivity contribution >= 4 is 75.4 Å². The van der Waals surface area contributed by atoms with Crippen molar-refractivity contribution in [3.05, 3.63) is 62.6 Å². The van der Waals surface area contributed by atoms with Crippen LogP contribution in [0, 0.1) is 11.8 Å². The standard InChI is InChI=1S/C23H20Cl5NO2/c24-16-9-7-14(11-15(16)19(30)3-1-2-12-4-5-12)29-22(31)21-20(23(21,27)28)13-6-8-17(25)18(26)10-13/h6-12,20-21H,1-5H2,(H,29,31). The number of hydrogen-bond donors (Lipinski definition) is 1. The number of ketones is 1. The van der Waals surface area contributed by atoms with Gasteiger partial charge < -0.3 is 5.32 Å². The Morgan fingerprint density at radius 2 is 1.68 bits per heavy atom. The second-order valence-electron chi connectivity index (χ2n) is 8.25. The molecule has 1 amide bonds. The lowest BCUT2D eigenvalue weighted by atomic mass is 10.0. The molecule has 2 fully saturated rings. The summed E-state index contributed by atoms with van der Waals surface area (Å²) >= 11 is 31.1. The molecule has 31 heavy (non-hydrogen) atoms. The number of Topliss-reactive ketones (excluding diaryl/α,β-unsaturated/α-hetero) is 1. The van der Waals surface area contributed by atoms with Crippen LogP contribution < -0.4 is 5.32 Å². The second-order valence-corrected chi connectivity index (χ2v) is 10.9. The van der Waals surface area contributed by atoms with Crippen LogP contribution in [0.2, 0.25) is 15.1 Å². The molecule has 2 atom stereocenters. The highest BCUT2D eigenvalue weighted by atomic mass is 35.5. The number of alkyl halides is 2. The molecule has 2 saturated carbocycles. The van der Waals surface area contributed by atoms with Crippen molar-refractivity contribution in [1.29, 1.82) is 0 Å². The van der Waals surface area contributed by atoms with Crippen molar-refractivity contribution in [2.24, 2.45) is 11.8 Å². The summed E-state index contributed by atoms with van der Waals surface area (Å²) in [6, 6.07) is 9.96. The minimum absolute atomic E-state index is 0.0223. The van der Waals surface area contributed by atoms with Gasteiger partial charge in [-0.15, -0.1) is 23.2 Å². The van der Waals surface area contributed by atoms with Crippen LogP contribution in [0.1, 0.15) is 53.9 Å². The molecule has 2 unspecified atom stereocenters. The van der Waals surface area contributed by atoms with Crippen LogP contribution in [0.15, 0.2) is 36.4 Å². The molecule has 0 saturated heterocycles. The third-order valence-corrected chi connectivity index (χ3v) is 7.90. The molecule has 2 aliphatic carbocycles. The van der Waals surface area contributed by atoms with Crippen molar-refractivity contribution in [1.82, 2.24) is 0 Å². The quantitative estimate of drug-likeness (QED) is 0.284. The lowest BCUT2D eigenvalue weighted by molar-refractivity contribution is -0.117. The zero-order chi connectivity index (χ0) is 22.3. The number of hydrogen-bond acceptors (Lipinski definition) is 2. The maximum absolute atomic E-state index is 12.9. The van der Waals surface area contributed by atoms with Gasteiger partial charge in [0.05, 0.1) is 21.0 Å². The number of benzene rings is 2. The molecule has 2 aliphatic rings. The van der Waals surface area contributed by atoms with Gasteiger partial charge in [-0.05, 0) is 48.2 Å². The first-order valence-electron chi connectivity index (χ1n) is 10.1. The van der Waals surface area contributed by atoms with E-state index in [1.165, 1.54) is 12.8 Å². The number of carbonyl (C=O) groups excluding carboxylic acids is 2. The summed E-state index contributed by atoms with van der Waals surface area (Å²) in [5.74, 6) is -0.661. The van der Waals surface area contributed by atoms with Gasteiger partial charge in [-0.2, -0.15) is 0 Å². The molecule has 0 aliphatic heterocycles. The number of anilines is 1. The summed E-state index contributed by atoms with van der Waals surface area (Å²) in [5, 5.41) is 3.97. The first kappa shape index (κ1) is 23.2. The molecular formula is C23H20Cl5NO2. The largest absolute Gasteiger partial charge is 0.326 e. The van der Waals surface area contributed by atoms with E-state index in [0.29, 0.717) is 32.7 Å². The topological polar surface area (TPSA) is 46.2 Å². The molecule has 3 nitrogen and oxygen atoms in total. The average molecular weight is 520 g/mol. The van der Waals surface area contributed by atoms with Gasteiger partial charge in [0.2, 0.25) is 5.91 Å². The fraction of sp³-hybridized carbons (Fsp3) is 0.391. The van der Waals surface area contributed by atoms with Crippen LogP contribution in [0.5, 0.6) is 0 Å². The zero-order valence-electron chi connectivity index (χ0n) is 16.4. The van der Waals surface area contributed by atoms with E-state index in [1.807, 2.05) is 0 Å². The number of nitrogens with one attached hydrogen (secondary N) is 1. The van der Waals surface area contributed by atoms with E-state index < -0.39 is 16.2 Å². The molecule has 0 radical (unpaired) electrons. The Morgan fingerprint density at radius 1 is 0.968 bits per heavy atom. The average Bonchev–Trinajstić information content (AvgIpc) is 3.62. The lowest BCUT2D eigenvalue weighted by Gasteiger charge is -2.09. The van der Waals surface area contributed by atoms with Crippen molar-refractivity contribution in [3.63, 3.8) is 0 Å². The summed E-state index contributed by atoms with van der Waals surface area (Å²) in [5.41, 5.74) is 1.63. The van der Waals surface area contributed by atoms with Gasteiger partial charge in [-0.3, -0.25) is 9.59 Å². The monoisotopic (exact) mass is 517 g/mol. The minimum Gasteiger partial charge on any atom is -0.326 e. The van der Waals surface area contributed by atoms with Crippen LogP contribution in [0.4, 0.5) is 5.69 Å². The highest BCUT2D eigenvalue weighted by molar-refractivity contribution is 6.53. The van der Waals surface area contributed by atoms with Gasteiger partial charge in [0.15, 0.2) is 5.78 Å². The van der Waals surface area contributed by atoms with E-state index in [-0.39, 0.29) is 11.7 Å². The van der Waals surface area contributed by atoms with Gasteiger partial charge in [-0.25, -0.2) is 0 Å². The van der Waals surface area contributed by atoms with E-state index in [1.54, 1.807) is 36.4 Å². The molecule has 1 N–H and O–H groups in total. The summed E-state index contributed by atoms with van der Waals surface area (Å²) < 4.78 is -1.25. The normalized spacial score (nSPS) is 21.6. The molecule has 0 spiro atoms. The predicted octanol–water partition coefficient (Wildman–Crippen LogP) is 7.94. The number of rotatable bonds is 8. The van der Waals surface area contributed by atoms with Gasteiger partial charge in [0.25, 0.3) is 0 Å². The summed E-state index contributed by atoms with van der Waals surface area (Å²) in [7, 11) is 0. The third-order valence-electron chi connectivity index (χ3n) is 5.89. The summed E-state index contributed by atoms with van der Waals surface area (Å²) in [6.07, 6.45) is 4.91. The summed E-state index contributed by atoms with van der Waals surface area (Å²) in [6.45, 7) is 0. The molecule has 0 aromatic heterocycles. The van der Waals surface area contributed by atoms with Crippen molar-refractivity contribution < 1.29 is 9.59 Å². The maximum atomic E-state index is 12.9. The fourth-order valence-corrected chi connectivity index (χ4v) is 5.26. The molecular weight excluding hydrogens is 500 g/mol. The minimum atomic E-state index is -1.25. The second kappa shape index (κ2) is 9.11. The first-order valence-corrected chi connectivity index (χ1v) is 12.0. The Bertz CT molecular complexity index is 1030. The van der Waals surface area contributed by atoms with Crippen LogP contribution in [-0.2, 0) is 4.79 Å². The third kappa shape index (κ3) is 5.17. The van der Waals surface area contributed by atoms with Gasteiger partial charge in [0, 0.05) is 23.6 Å². The lowest BCUT2D eigenvalue weighted by Crippen LogP contribution is -2.17. The Hall–Kier alpha value is -0.970. The molecule has 0 heterocycles. The fourth-order valence-electron chi connectivity index (χ4n) is 3.90. The predicted molar refractivity (Wildman–Crippen MR) is 128 cm³/mol. The molecule has 2 aromatic rings. The van der Waals surface area contributed by atoms with Crippen molar-refractivity contribution in [2.75, 3.05) is 5.32 Å². The van der Waals surface area contributed by atoms with Gasteiger partial charge in [-0.1, -0.05) is 60.1 Å². The first-order chi connectivity index (χ1) is 14.7. The molecule has 2 aromatic carbocycles. The Morgan fingerprint density at radius 3 is 2.35 bits per heavy atom. The van der Waals surface area contributed by atoms with Crippen molar-refractivity contribution in [3.8, 4) is 0 Å². The van der Waals surface area contributed by atoms with Crippen LogP contribution >= 0.6 is 58.0 Å². The van der Waals surface area contributed by atoms with Crippen LogP contribution in [-0.4, -0.2) is 16.0 Å². The molecule has 4 rings (SSSR count). The van der Waals surface area contributed by atoms with Crippen LogP contribution in [0.3, 0.4) is 0 Å². The molecule has 0 bridgehead atoms. The van der Waals surface area contributed by atoms with Gasteiger partial charge in [0.1, 0.15) is 4.33 Å². The van der Waals surface area contributed by atoms with E-state index >= 15 is 0 Å². The van der Waals surface area contributed by atoms with E-state index in [2.05, 4.69) is 5.32 Å². The van der Waals surface area contributed by atoms with Crippen molar-refractivity contribution in [2.45, 2.75) is 42.4 Å². The summed E-state index contributed by atoms with van der Waals surface area (Å²) in [4.78, 5) is 25.5. The Balaban J connectivity index is 1.44. The highest BCUT2D eigenvalue weighted by Crippen LogP contribution is 2.65. The molecule has 164 valence electrons. The zero-order valence-corrected chi connectivity index (χ0v) is 20.2. The number of carbonyl (C=O) groups is 2. The van der Waals surface area contributed by atoms with Gasteiger partial charge >= 0.3 is 0 Å². The van der Waals surface area contributed by atoms with E-state index in [9.17, 15) is 9.59 Å². The Kier molecular flexibility index (Phi) is 6.82. The van der Waals surface area contributed by atoms with E-state index in [4.69, 9.17) is 58.0 Å².